The number of para-hydroxylation sites is 1. The Balaban J connectivity index is 1.08. The predicted molar refractivity (Wildman–Crippen MR) is 212 cm³/mol. The van der Waals surface area contributed by atoms with E-state index >= 15 is 4.79 Å². The van der Waals surface area contributed by atoms with E-state index in [4.69, 9.17) is 14.2 Å². The van der Waals surface area contributed by atoms with Crippen molar-refractivity contribution < 1.29 is 42.7 Å². The molecule has 0 unspecified atom stereocenters. The summed E-state index contributed by atoms with van der Waals surface area (Å²) < 4.78 is 35.6. The molecule has 14 heteroatoms. The Labute approximate surface area is 330 Å². The summed E-state index contributed by atoms with van der Waals surface area (Å²) in [6, 6.07) is 27.3. The van der Waals surface area contributed by atoms with Crippen LogP contribution in [0.2, 0.25) is 0 Å². The molecule has 1 saturated heterocycles. The third kappa shape index (κ3) is 7.69. The number of ketones is 1. The highest BCUT2D eigenvalue weighted by atomic mass is 31.2. The molecule has 5 heterocycles. The van der Waals surface area contributed by atoms with Crippen LogP contribution >= 0.6 is 7.82 Å². The van der Waals surface area contributed by atoms with E-state index < -0.39 is 7.82 Å². The van der Waals surface area contributed by atoms with Crippen LogP contribution in [-0.4, -0.2) is 81.5 Å². The van der Waals surface area contributed by atoms with E-state index in [0.717, 1.165) is 55.8 Å². The van der Waals surface area contributed by atoms with E-state index in [0.29, 0.717) is 77.9 Å². The fraction of sp³-hybridized carbons (Fsp3) is 0.302. The van der Waals surface area contributed by atoms with Crippen LogP contribution in [-0.2, 0) is 35.2 Å². The number of fused-ring (bicyclic) bond motifs is 3. The standard InChI is InChI=1S/C43H43N4O9P/c48-42(33-9-3-4-10-37(33)44-30-12-14-32(15-13-30)56-57(50,51)52)36-22-39(46-16-6-5-11-38(36)46)34-23-40-41(55-27-54-40)24-35(34)43(49)47-25-29-8-2-1-7-28(29)21-31(47)26-45-17-19-53-20-18-45/h1-4,7-10,12-15,22-24,31,44H,5-6,11,16-21,25-27H2,(H2,50,51,52)/t31-/m0/s1. The predicted octanol–water partition coefficient (Wildman–Crippen LogP) is 6.57. The van der Waals surface area contributed by atoms with E-state index in [9.17, 15) is 19.1 Å². The number of carbonyl (C=O) groups excluding carboxylic acids is 2. The Hall–Kier alpha value is -5.43. The lowest BCUT2D eigenvalue weighted by Gasteiger charge is -2.40. The summed E-state index contributed by atoms with van der Waals surface area (Å²) >= 11 is 0. The van der Waals surface area contributed by atoms with Crippen LogP contribution in [0, 0.1) is 0 Å². The molecule has 4 aliphatic rings. The van der Waals surface area contributed by atoms with Crippen molar-refractivity contribution >= 4 is 30.9 Å². The molecular formula is C43H43N4O9P. The van der Waals surface area contributed by atoms with Gasteiger partial charge in [0.25, 0.3) is 5.91 Å². The number of hydrogen-bond acceptors (Lipinski definition) is 9. The average molecular weight is 791 g/mol. The number of phosphoric acid groups is 1. The quantitative estimate of drug-likeness (QED) is 0.104. The van der Waals surface area contributed by atoms with Gasteiger partial charge in [0.05, 0.1) is 18.8 Å². The van der Waals surface area contributed by atoms with Gasteiger partial charge in [-0.25, -0.2) is 4.57 Å². The van der Waals surface area contributed by atoms with Gasteiger partial charge in [-0.2, -0.15) is 0 Å². The summed E-state index contributed by atoms with van der Waals surface area (Å²) in [7, 11) is -4.70. The molecule has 3 N–H and O–H groups in total. The van der Waals surface area contributed by atoms with Crippen LogP contribution in [0.1, 0.15) is 55.9 Å². The number of carbonyl (C=O) groups is 2. The molecule has 1 amide bonds. The second-order valence-corrected chi connectivity index (χ2v) is 16.0. The molecule has 0 spiro atoms. The lowest BCUT2D eigenvalue weighted by atomic mass is 9.92. The summed E-state index contributed by atoms with van der Waals surface area (Å²) in [6.07, 6.45) is 3.31. The monoisotopic (exact) mass is 790 g/mol. The molecule has 1 atom stereocenters. The summed E-state index contributed by atoms with van der Waals surface area (Å²) in [4.78, 5) is 52.6. The number of anilines is 2. The Kier molecular flexibility index (Phi) is 10.1. The van der Waals surface area contributed by atoms with Crippen molar-refractivity contribution in [1.82, 2.24) is 14.4 Å². The molecule has 1 aromatic heterocycles. The van der Waals surface area contributed by atoms with Gasteiger partial charge in [0, 0.05) is 78.2 Å². The smallest absolute Gasteiger partial charge is 0.454 e. The average Bonchev–Trinajstić information content (AvgIpc) is 3.85. The molecule has 0 aliphatic carbocycles. The maximum Gasteiger partial charge on any atom is 0.524 e. The molecule has 57 heavy (non-hydrogen) atoms. The summed E-state index contributed by atoms with van der Waals surface area (Å²) in [5.74, 6) is 0.837. The number of rotatable bonds is 10. The molecule has 4 aliphatic heterocycles. The first kappa shape index (κ1) is 37.2. The maximum absolute atomic E-state index is 15.1. The number of morpholine rings is 1. The Morgan fingerprint density at radius 3 is 2.35 bits per heavy atom. The highest BCUT2D eigenvalue weighted by molar-refractivity contribution is 7.46. The van der Waals surface area contributed by atoms with Gasteiger partial charge >= 0.3 is 7.82 Å². The van der Waals surface area contributed by atoms with Gasteiger partial charge < -0.3 is 33.5 Å². The maximum atomic E-state index is 15.1. The van der Waals surface area contributed by atoms with Gasteiger partial charge in [-0.3, -0.25) is 24.3 Å². The van der Waals surface area contributed by atoms with Gasteiger partial charge in [0.1, 0.15) is 5.75 Å². The van der Waals surface area contributed by atoms with Crippen molar-refractivity contribution in [3.8, 4) is 28.5 Å². The van der Waals surface area contributed by atoms with Gasteiger partial charge in [0.2, 0.25) is 6.79 Å². The molecule has 1 fully saturated rings. The second kappa shape index (κ2) is 15.5. The largest absolute Gasteiger partial charge is 0.524 e. The van der Waals surface area contributed by atoms with Crippen molar-refractivity contribution in [3.05, 3.63) is 125 Å². The van der Waals surface area contributed by atoms with E-state index in [1.807, 2.05) is 47.4 Å². The number of nitrogens with one attached hydrogen (secondary N) is 1. The molecule has 5 aromatic rings. The summed E-state index contributed by atoms with van der Waals surface area (Å²) in [5, 5.41) is 3.29. The van der Waals surface area contributed by atoms with Crippen LogP contribution in [0.3, 0.4) is 0 Å². The lowest BCUT2D eigenvalue weighted by Crippen LogP contribution is -2.52. The minimum Gasteiger partial charge on any atom is -0.454 e. The zero-order chi connectivity index (χ0) is 39.1. The normalized spacial score (nSPS) is 17.8. The number of amides is 1. The first-order valence-corrected chi connectivity index (χ1v) is 20.8. The molecule has 0 bridgehead atoms. The van der Waals surface area contributed by atoms with Crippen LogP contribution in [0.15, 0.2) is 91.0 Å². The summed E-state index contributed by atoms with van der Waals surface area (Å²) in [5.41, 5.74) is 7.49. The van der Waals surface area contributed by atoms with Crippen molar-refractivity contribution in [1.29, 1.82) is 0 Å². The highest BCUT2D eigenvalue weighted by Crippen LogP contribution is 2.43. The third-order valence-corrected chi connectivity index (χ3v) is 11.7. The highest BCUT2D eigenvalue weighted by Gasteiger charge is 2.36. The van der Waals surface area contributed by atoms with Gasteiger partial charge in [-0.05, 0) is 91.4 Å². The van der Waals surface area contributed by atoms with Gasteiger partial charge in [0.15, 0.2) is 17.3 Å². The Morgan fingerprint density at radius 1 is 0.825 bits per heavy atom. The fourth-order valence-electron chi connectivity index (χ4n) is 8.48. The lowest BCUT2D eigenvalue weighted by molar-refractivity contribution is 0.0193. The number of nitrogens with zero attached hydrogens (tertiary/aromatic N) is 3. The van der Waals surface area contributed by atoms with E-state index in [2.05, 4.69) is 37.5 Å². The topological polar surface area (TPSA) is 152 Å². The van der Waals surface area contributed by atoms with E-state index in [1.165, 1.54) is 17.7 Å². The SMILES string of the molecule is O=C(c1ccccc1Nc1ccc(OP(=O)(O)O)cc1)c1cc(-c2cc3c(cc2C(=O)N2Cc4ccccc4C[C@H]2CN2CCOCC2)OCO3)n2c1CCCC2. The van der Waals surface area contributed by atoms with E-state index in [1.54, 1.807) is 18.2 Å². The minimum atomic E-state index is -4.70. The molecule has 9 rings (SSSR count). The fourth-order valence-corrected chi connectivity index (χ4v) is 8.87. The molecular weight excluding hydrogens is 747 g/mol. The molecule has 0 radical (unpaired) electrons. The van der Waals surface area contributed by atoms with Crippen LogP contribution in [0.4, 0.5) is 11.4 Å². The molecule has 13 nitrogen and oxygen atoms in total. The number of ether oxygens (including phenoxy) is 3. The summed E-state index contributed by atoms with van der Waals surface area (Å²) in [6.45, 7) is 4.97. The third-order valence-electron chi connectivity index (χ3n) is 11.2. The number of hydrogen-bond donors (Lipinski definition) is 3. The first-order valence-electron chi connectivity index (χ1n) is 19.3. The van der Waals surface area contributed by atoms with E-state index in [-0.39, 0.29) is 30.3 Å². The van der Waals surface area contributed by atoms with Crippen LogP contribution in [0.25, 0.3) is 11.3 Å². The van der Waals surface area contributed by atoms with Crippen molar-refractivity contribution in [2.45, 2.75) is 44.8 Å². The molecule has 0 saturated carbocycles. The molecule has 4 aromatic carbocycles. The van der Waals surface area contributed by atoms with Crippen LogP contribution < -0.4 is 19.3 Å². The van der Waals surface area contributed by atoms with Gasteiger partial charge in [-0.1, -0.05) is 36.4 Å². The number of phosphoric ester groups is 1. The zero-order valence-corrected chi connectivity index (χ0v) is 32.2. The van der Waals surface area contributed by atoms with Crippen molar-refractivity contribution in [2.75, 3.05) is 45.0 Å². The van der Waals surface area contributed by atoms with Crippen molar-refractivity contribution in [2.24, 2.45) is 0 Å². The first-order chi connectivity index (χ1) is 27.7. The minimum absolute atomic E-state index is 0.0188. The molecule has 294 valence electrons. The zero-order valence-electron chi connectivity index (χ0n) is 31.3. The number of benzene rings is 4. The van der Waals surface area contributed by atoms with Gasteiger partial charge in [-0.15, -0.1) is 0 Å². The second-order valence-electron chi connectivity index (χ2n) is 14.8. The Bertz CT molecular complexity index is 2380. The van der Waals surface area contributed by atoms with Crippen LogP contribution in [0.5, 0.6) is 17.2 Å². The number of aromatic nitrogens is 1. The Morgan fingerprint density at radius 2 is 1.56 bits per heavy atom. The van der Waals surface area contributed by atoms with Crippen molar-refractivity contribution in [3.63, 3.8) is 0 Å².